The van der Waals surface area contributed by atoms with Crippen molar-refractivity contribution >= 4 is 20.4 Å². The second-order valence-electron chi connectivity index (χ2n) is 7.37. The lowest BCUT2D eigenvalue weighted by Gasteiger charge is -2.40. The van der Waals surface area contributed by atoms with Crippen molar-refractivity contribution in [2.75, 3.05) is 0 Å². The zero-order valence-electron chi connectivity index (χ0n) is 14.6. The number of hydrogen-bond donors (Lipinski definition) is 0. The van der Waals surface area contributed by atoms with E-state index in [0.717, 1.165) is 5.56 Å². The van der Waals surface area contributed by atoms with Crippen molar-refractivity contribution in [1.29, 1.82) is 0 Å². The zero-order chi connectivity index (χ0) is 17.1. The van der Waals surface area contributed by atoms with Crippen LogP contribution in [0.5, 0.6) is 0 Å². The molecule has 0 bridgehead atoms. The molecule has 124 valence electrons. The molecular formula is C19H26O3Si. The first-order valence-electron chi connectivity index (χ1n) is 7.99. The number of hydrogen-bond acceptors (Lipinski definition) is 3. The van der Waals surface area contributed by atoms with E-state index in [-0.39, 0.29) is 23.2 Å². The summed E-state index contributed by atoms with van der Waals surface area (Å²) in [6, 6.07) is 9.97. The summed E-state index contributed by atoms with van der Waals surface area (Å²) in [5.41, 5.74) is 1.07. The molecule has 0 saturated carbocycles. The first-order chi connectivity index (χ1) is 10.7. The predicted octanol–water partition coefficient (Wildman–Crippen LogP) is 4.57. The highest BCUT2D eigenvalue weighted by Gasteiger charge is 2.41. The second kappa shape index (κ2) is 6.85. The van der Waals surface area contributed by atoms with E-state index in [1.54, 1.807) is 0 Å². The van der Waals surface area contributed by atoms with Crippen LogP contribution in [-0.2, 0) is 14.0 Å². The van der Waals surface area contributed by atoms with E-state index < -0.39 is 8.32 Å². The Kier molecular flexibility index (Phi) is 5.27. The first kappa shape index (κ1) is 17.7. The van der Waals surface area contributed by atoms with Gasteiger partial charge in [-0.3, -0.25) is 0 Å². The minimum atomic E-state index is -1.94. The standard InChI is InChI=1S/C19H26O3Si/c1-19(2,3)23(4,5)22-17-13-14-18(20)21-16(17)12-11-15-9-7-6-8-10-15/h6-14,16-17H,1-5H3/b12-11+/t16-,17-/m0/s1. The molecule has 0 unspecified atom stereocenters. The van der Waals surface area contributed by atoms with Gasteiger partial charge in [-0.25, -0.2) is 4.79 Å². The summed E-state index contributed by atoms with van der Waals surface area (Å²) in [7, 11) is -1.94. The van der Waals surface area contributed by atoms with Gasteiger partial charge in [0, 0.05) is 6.08 Å². The van der Waals surface area contributed by atoms with Crippen molar-refractivity contribution in [2.24, 2.45) is 0 Å². The molecule has 0 fully saturated rings. The maximum Gasteiger partial charge on any atom is 0.331 e. The Labute approximate surface area is 140 Å². The second-order valence-corrected chi connectivity index (χ2v) is 12.1. The summed E-state index contributed by atoms with van der Waals surface area (Å²) in [6.45, 7) is 11.0. The summed E-state index contributed by atoms with van der Waals surface area (Å²) in [6.07, 6.45) is 6.56. The van der Waals surface area contributed by atoms with Crippen LogP contribution in [-0.4, -0.2) is 26.5 Å². The highest BCUT2D eigenvalue weighted by molar-refractivity contribution is 6.74. The highest BCUT2D eigenvalue weighted by atomic mass is 28.4. The highest BCUT2D eigenvalue weighted by Crippen LogP contribution is 2.38. The summed E-state index contributed by atoms with van der Waals surface area (Å²) < 4.78 is 11.9. The molecule has 1 aromatic carbocycles. The number of rotatable bonds is 4. The van der Waals surface area contributed by atoms with Crippen molar-refractivity contribution in [1.82, 2.24) is 0 Å². The van der Waals surface area contributed by atoms with Crippen LogP contribution in [0.4, 0.5) is 0 Å². The fourth-order valence-corrected chi connectivity index (χ4v) is 3.31. The molecule has 1 aliphatic rings. The lowest BCUT2D eigenvalue weighted by Crippen LogP contribution is -2.47. The van der Waals surface area contributed by atoms with Gasteiger partial charge in [0.1, 0.15) is 12.2 Å². The molecule has 0 spiro atoms. The van der Waals surface area contributed by atoms with Gasteiger partial charge in [0.25, 0.3) is 0 Å². The Morgan fingerprint density at radius 3 is 2.43 bits per heavy atom. The average Bonchev–Trinajstić information content (AvgIpc) is 2.47. The third-order valence-corrected chi connectivity index (χ3v) is 8.99. The van der Waals surface area contributed by atoms with Gasteiger partial charge < -0.3 is 9.16 Å². The Bertz CT molecular complexity index is 597. The van der Waals surface area contributed by atoms with E-state index >= 15 is 0 Å². The predicted molar refractivity (Wildman–Crippen MR) is 96.6 cm³/mol. The molecule has 23 heavy (non-hydrogen) atoms. The Morgan fingerprint density at radius 2 is 1.83 bits per heavy atom. The third-order valence-electron chi connectivity index (χ3n) is 4.51. The summed E-state index contributed by atoms with van der Waals surface area (Å²) >= 11 is 0. The lowest BCUT2D eigenvalue weighted by molar-refractivity contribution is -0.145. The van der Waals surface area contributed by atoms with Crippen molar-refractivity contribution in [3.63, 3.8) is 0 Å². The van der Waals surface area contributed by atoms with Crippen molar-refractivity contribution in [3.05, 3.63) is 54.1 Å². The largest absolute Gasteiger partial charge is 0.452 e. The minimum absolute atomic E-state index is 0.107. The van der Waals surface area contributed by atoms with E-state index in [2.05, 4.69) is 33.9 Å². The Hall–Kier alpha value is -1.65. The first-order valence-corrected chi connectivity index (χ1v) is 10.9. The molecule has 2 atom stereocenters. The molecule has 3 nitrogen and oxygen atoms in total. The Morgan fingerprint density at radius 1 is 1.17 bits per heavy atom. The summed E-state index contributed by atoms with van der Waals surface area (Å²) in [5, 5.41) is 0.107. The number of carbonyl (C=O) groups excluding carboxylic acids is 1. The fraction of sp³-hybridized carbons (Fsp3) is 0.421. The molecule has 0 aromatic heterocycles. The van der Waals surface area contributed by atoms with Crippen LogP contribution < -0.4 is 0 Å². The number of ether oxygens (including phenoxy) is 1. The van der Waals surface area contributed by atoms with Crippen LogP contribution in [0, 0.1) is 0 Å². The van der Waals surface area contributed by atoms with Crippen molar-refractivity contribution in [2.45, 2.75) is 51.1 Å². The minimum Gasteiger partial charge on any atom is -0.452 e. The summed E-state index contributed by atoms with van der Waals surface area (Å²) in [4.78, 5) is 11.6. The lowest BCUT2D eigenvalue weighted by atomic mass is 10.1. The molecule has 0 radical (unpaired) electrons. The van der Waals surface area contributed by atoms with Gasteiger partial charge in [0.15, 0.2) is 8.32 Å². The van der Waals surface area contributed by atoms with E-state index in [1.165, 1.54) is 6.08 Å². The molecule has 2 rings (SSSR count). The van der Waals surface area contributed by atoms with E-state index in [9.17, 15) is 4.79 Å². The van der Waals surface area contributed by atoms with Crippen LogP contribution in [0.1, 0.15) is 26.3 Å². The fourth-order valence-electron chi connectivity index (χ4n) is 2.07. The molecule has 1 heterocycles. The SMILES string of the molecule is CC(C)(C)[Si](C)(C)O[C@H]1C=CC(=O)O[C@H]1/C=C/c1ccccc1. The topological polar surface area (TPSA) is 35.5 Å². The molecule has 4 heteroatoms. The zero-order valence-corrected chi connectivity index (χ0v) is 15.6. The maximum atomic E-state index is 11.6. The van der Waals surface area contributed by atoms with Crippen LogP contribution >= 0.6 is 0 Å². The van der Waals surface area contributed by atoms with Gasteiger partial charge >= 0.3 is 5.97 Å². The van der Waals surface area contributed by atoms with Gasteiger partial charge in [-0.1, -0.05) is 57.2 Å². The molecule has 1 aromatic rings. The average molecular weight is 331 g/mol. The number of esters is 1. The van der Waals surface area contributed by atoms with Crippen LogP contribution in [0.3, 0.4) is 0 Å². The Balaban J connectivity index is 2.17. The molecule has 0 saturated heterocycles. The third kappa shape index (κ3) is 4.66. The smallest absolute Gasteiger partial charge is 0.331 e. The maximum absolute atomic E-state index is 11.6. The van der Waals surface area contributed by atoms with Gasteiger partial charge in [-0.05, 0) is 35.8 Å². The van der Waals surface area contributed by atoms with Crippen molar-refractivity contribution < 1.29 is 14.0 Å². The van der Waals surface area contributed by atoms with Crippen LogP contribution in [0.25, 0.3) is 6.08 Å². The van der Waals surface area contributed by atoms with Gasteiger partial charge in [-0.2, -0.15) is 0 Å². The molecule has 1 aliphatic heterocycles. The normalized spacial score (nSPS) is 22.4. The van der Waals surface area contributed by atoms with E-state index in [0.29, 0.717) is 0 Å². The number of carbonyl (C=O) groups is 1. The van der Waals surface area contributed by atoms with E-state index in [4.69, 9.17) is 9.16 Å². The van der Waals surface area contributed by atoms with Gasteiger partial charge in [0.05, 0.1) is 0 Å². The molecule has 0 amide bonds. The van der Waals surface area contributed by atoms with E-state index in [1.807, 2.05) is 48.6 Å². The molecular weight excluding hydrogens is 304 g/mol. The van der Waals surface area contributed by atoms with Crippen LogP contribution in [0.15, 0.2) is 48.6 Å². The summed E-state index contributed by atoms with van der Waals surface area (Å²) in [5.74, 6) is -0.317. The molecule has 0 aliphatic carbocycles. The van der Waals surface area contributed by atoms with Gasteiger partial charge in [0.2, 0.25) is 0 Å². The van der Waals surface area contributed by atoms with Crippen LogP contribution in [0.2, 0.25) is 18.1 Å². The number of benzene rings is 1. The van der Waals surface area contributed by atoms with Gasteiger partial charge in [-0.15, -0.1) is 0 Å². The van der Waals surface area contributed by atoms with Crippen molar-refractivity contribution in [3.8, 4) is 0 Å². The number of cyclic esters (lactones) is 1. The molecule has 0 N–H and O–H groups in total. The quantitative estimate of drug-likeness (QED) is 0.599. The monoisotopic (exact) mass is 330 g/mol.